The van der Waals surface area contributed by atoms with Gasteiger partial charge in [-0.3, -0.25) is 25.2 Å². The number of carbonyl (C=O) groups excluding carboxylic acids is 3. The maximum absolute atomic E-state index is 12.4. The van der Waals surface area contributed by atoms with Gasteiger partial charge in [0, 0.05) is 24.1 Å². The summed E-state index contributed by atoms with van der Waals surface area (Å²) in [7, 11) is 0. The number of anilines is 1. The van der Waals surface area contributed by atoms with E-state index in [1.807, 2.05) is 50.2 Å². The molecule has 0 radical (unpaired) electrons. The number of fused-ring (bicyclic) bond motifs is 1. The van der Waals surface area contributed by atoms with Crippen molar-refractivity contribution in [2.45, 2.75) is 52.4 Å². The summed E-state index contributed by atoms with van der Waals surface area (Å²) in [6, 6.07) is 11.8. The molecule has 0 saturated heterocycles. The number of hydrogen-bond acceptors (Lipinski definition) is 4. The third-order valence-electron chi connectivity index (χ3n) is 5.41. The number of ketones is 1. The molecule has 0 aromatic heterocycles. The monoisotopic (exact) mass is 407 g/mol. The van der Waals surface area contributed by atoms with Crippen LogP contribution in [0.15, 0.2) is 36.4 Å². The molecule has 2 aromatic rings. The van der Waals surface area contributed by atoms with E-state index >= 15 is 0 Å². The van der Waals surface area contributed by atoms with Crippen LogP contribution in [-0.2, 0) is 22.4 Å². The summed E-state index contributed by atoms with van der Waals surface area (Å²) in [4.78, 5) is 36.3. The molecule has 6 nitrogen and oxygen atoms in total. The Morgan fingerprint density at radius 1 is 0.833 bits per heavy atom. The van der Waals surface area contributed by atoms with Crippen LogP contribution in [0.5, 0.6) is 0 Å². The van der Waals surface area contributed by atoms with Crippen LogP contribution < -0.4 is 16.2 Å². The molecule has 2 amide bonds. The number of rotatable bonds is 7. The normalized spacial score (nSPS) is 12.6. The van der Waals surface area contributed by atoms with Crippen molar-refractivity contribution in [3.8, 4) is 0 Å². The van der Waals surface area contributed by atoms with Gasteiger partial charge in [0.25, 0.3) is 5.91 Å². The molecular formula is C24H29N3O3. The maximum atomic E-state index is 12.4. The molecule has 0 spiro atoms. The minimum Gasteiger partial charge on any atom is -0.376 e. The highest BCUT2D eigenvalue weighted by atomic mass is 16.2. The highest BCUT2D eigenvalue weighted by Gasteiger charge is 2.14. The fraction of sp³-hybridized carbons (Fsp3) is 0.375. The third-order valence-corrected chi connectivity index (χ3v) is 5.41. The van der Waals surface area contributed by atoms with Crippen LogP contribution in [0.2, 0.25) is 0 Å². The van der Waals surface area contributed by atoms with Gasteiger partial charge in [-0.2, -0.15) is 0 Å². The first-order valence-corrected chi connectivity index (χ1v) is 10.5. The van der Waals surface area contributed by atoms with Gasteiger partial charge in [0.1, 0.15) is 0 Å². The van der Waals surface area contributed by atoms with Gasteiger partial charge in [-0.25, -0.2) is 0 Å². The Morgan fingerprint density at radius 2 is 1.57 bits per heavy atom. The zero-order chi connectivity index (χ0) is 21.5. The van der Waals surface area contributed by atoms with Gasteiger partial charge in [0.05, 0.1) is 6.54 Å². The minimum atomic E-state index is -0.388. The Balaban J connectivity index is 1.39. The van der Waals surface area contributed by atoms with Crippen LogP contribution in [0.25, 0.3) is 0 Å². The van der Waals surface area contributed by atoms with Crippen molar-refractivity contribution in [3.63, 3.8) is 0 Å². The summed E-state index contributed by atoms with van der Waals surface area (Å²) in [6.45, 7) is 4.02. The molecule has 6 heteroatoms. The van der Waals surface area contributed by atoms with E-state index in [4.69, 9.17) is 0 Å². The van der Waals surface area contributed by atoms with Crippen LogP contribution in [0, 0.1) is 13.8 Å². The third kappa shape index (κ3) is 5.92. The van der Waals surface area contributed by atoms with Gasteiger partial charge < -0.3 is 5.32 Å². The highest BCUT2D eigenvalue weighted by molar-refractivity contribution is 5.98. The molecule has 3 rings (SSSR count). The van der Waals surface area contributed by atoms with Crippen LogP contribution in [0.4, 0.5) is 5.69 Å². The van der Waals surface area contributed by atoms with Crippen LogP contribution >= 0.6 is 0 Å². The van der Waals surface area contributed by atoms with Crippen molar-refractivity contribution in [1.29, 1.82) is 0 Å². The average Bonchev–Trinajstić information content (AvgIpc) is 2.75. The standard InChI is InChI=1S/C24H29N3O3/c1-16-7-10-21(17(2)13-16)25-15-24(30)27-26-23(29)12-11-22(28)20-9-8-18-5-3-4-6-19(18)14-20/h7-10,13-14,25H,3-6,11-12,15H2,1-2H3,(H,26,29)(H,27,30). The van der Waals surface area contributed by atoms with E-state index < -0.39 is 0 Å². The summed E-state index contributed by atoms with van der Waals surface area (Å²) >= 11 is 0. The van der Waals surface area contributed by atoms with Gasteiger partial charge in [0.15, 0.2) is 5.78 Å². The SMILES string of the molecule is Cc1ccc(NCC(=O)NNC(=O)CCC(=O)c2ccc3c(c2)CCCC3)c(C)c1. The Hall–Kier alpha value is -3.15. The Morgan fingerprint density at radius 3 is 2.33 bits per heavy atom. The van der Waals surface area contributed by atoms with Crippen LogP contribution in [0.3, 0.4) is 0 Å². The van der Waals surface area contributed by atoms with E-state index in [0.29, 0.717) is 5.56 Å². The first-order valence-electron chi connectivity index (χ1n) is 10.5. The van der Waals surface area contributed by atoms with Gasteiger partial charge in [-0.05, 0) is 68.4 Å². The Kier molecular flexibility index (Phi) is 7.22. The van der Waals surface area contributed by atoms with E-state index in [1.165, 1.54) is 17.5 Å². The molecule has 158 valence electrons. The fourth-order valence-corrected chi connectivity index (χ4v) is 3.71. The fourth-order valence-electron chi connectivity index (χ4n) is 3.71. The number of carbonyl (C=O) groups is 3. The van der Waals surface area contributed by atoms with Gasteiger partial charge in [-0.1, -0.05) is 29.8 Å². The molecule has 1 aliphatic rings. The van der Waals surface area contributed by atoms with Crippen molar-refractivity contribution in [1.82, 2.24) is 10.9 Å². The van der Waals surface area contributed by atoms with Crippen molar-refractivity contribution < 1.29 is 14.4 Å². The molecular weight excluding hydrogens is 378 g/mol. The van der Waals surface area contributed by atoms with Crippen molar-refractivity contribution in [2.24, 2.45) is 0 Å². The van der Waals surface area contributed by atoms with Gasteiger partial charge >= 0.3 is 0 Å². The lowest BCUT2D eigenvalue weighted by atomic mass is 9.89. The second-order valence-electron chi connectivity index (χ2n) is 7.88. The van der Waals surface area contributed by atoms with Crippen molar-refractivity contribution in [3.05, 3.63) is 64.2 Å². The molecule has 3 N–H and O–H groups in total. The smallest absolute Gasteiger partial charge is 0.257 e. The molecule has 0 bridgehead atoms. The summed E-state index contributed by atoms with van der Waals surface area (Å²) in [5.74, 6) is -0.799. The minimum absolute atomic E-state index is 0.0285. The zero-order valence-electron chi connectivity index (χ0n) is 17.6. The second-order valence-corrected chi connectivity index (χ2v) is 7.88. The molecule has 2 aromatic carbocycles. The Bertz CT molecular complexity index is 953. The van der Waals surface area contributed by atoms with E-state index in [2.05, 4.69) is 16.2 Å². The lowest BCUT2D eigenvalue weighted by molar-refractivity contribution is -0.128. The quantitative estimate of drug-likeness (QED) is 0.485. The van der Waals surface area contributed by atoms with E-state index in [-0.39, 0.29) is 37.0 Å². The molecule has 0 atom stereocenters. The number of hydrazine groups is 1. The number of aryl methyl sites for hydroxylation is 4. The maximum Gasteiger partial charge on any atom is 0.257 e. The zero-order valence-corrected chi connectivity index (χ0v) is 17.6. The van der Waals surface area contributed by atoms with Gasteiger partial charge in [-0.15, -0.1) is 0 Å². The summed E-state index contributed by atoms with van der Waals surface area (Å²) < 4.78 is 0. The molecule has 30 heavy (non-hydrogen) atoms. The summed E-state index contributed by atoms with van der Waals surface area (Å²) in [5, 5.41) is 3.04. The average molecular weight is 408 g/mol. The van der Waals surface area contributed by atoms with Crippen molar-refractivity contribution in [2.75, 3.05) is 11.9 Å². The van der Waals surface area contributed by atoms with Crippen molar-refractivity contribution >= 4 is 23.3 Å². The predicted molar refractivity (Wildman–Crippen MR) is 117 cm³/mol. The molecule has 0 unspecified atom stereocenters. The van der Waals surface area contributed by atoms with Crippen LogP contribution in [0.1, 0.15) is 58.3 Å². The largest absolute Gasteiger partial charge is 0.376 e. The molecule has 0 saturated carbocycles. The lowest BCUT2D eigenvalue weighted by Gasteiger charge is -2.16. The summed E-state index contributed by atoms with van der Waals surface area (Å²) in [6.07, 6.45) is 4.59. The molecule has 0 heterocycles. The van der Waals surface area contributed by atoms with E-state index in [9.17, 15) is 14.4 Å². The molecule has 1 aliphatic carbocycles. The van der Waals surface area contributed by atoms with Gasteiger partial charge in [0.2, 0.25) is 5.91 Å². The molecule has 0 fully saturated rings. The van der Waals surface area contributed by atoms with Crippen LogP contribution in [-0.4, -0.2) is 24.1 Å². The lowest BCUT2D eigenvalue weighted by Crippen LogP contribution is -2.44. The summed E-state index contributed by atoms with van der Waals surface area (Å²) in [5.41, 5.74) is 11.1. The highest BCUT2D eigenvalue weighted by Crippen LogP contribution is 2.23. The number of hydrogen-bond donors (Lipinski definition) is 3. The van der Waals surface area contributed by atoms with E-state index in [0.717, 1.165) is 36.1 Å². The first kappa shape index (κ1) is 21.6. The first-order chi connectivity index (χ1) is 14.4. The van der Waals surface area contributed by atoms with E-state index in [1.54, 1.807) is 0 Å². The number of benzene rings is 2. The second kappa shape index (κ2) is 10.1. The number of amides is 2. The molecule has 0 aliphatic heterocycles. The predicted octanol–water partition coefficient (Wildman–Crippen LogP) is 3.40. The Labute approximate surface area is 177 Å². The number of Topliss-reactive ketones (excluding diaryl/α,β-unsaturated/α-hetero) is 1. The topological polar surface area (TPSA) is 87.3 Å². The number of nitrogens with one attached hydrogen (secondary N) is 3.